The predicted molar refractivity (Wildman–Crippen MR) is 53.0 cm³/mol. The fourth-order valence-corrected chi connectivity index (χ4v) is 1.97. The number of imidazole rings is 1. The fourth-order valence-electron chi connectivity index (χ4n) is 1.97. The monoisotopic (exact) mass is 188 g/mol. The van der Waals surface area contributed by atoms with E-state index in [-0.39, 0.29) is 0 Å². The Morgan fingerprint density at radius 2 is 2.50 bits per heavy atom. The van der Waals surface area contributed by atoms with Gasteiger partial charge in [-0.15, -0.1) is 0 Å². The van der Waals surface area contributed by atoms with E-state index in [4.69, 9.17) is 0 Å². The van der Waals surface area contributed by atoms with E-state index >= 15 is 0 Å². The van der Waals surface area contributed by atoms with Crippen LogP contribution in [0.5, 0.6) is 0 Å². The van der Waals surface area contributed by atoms with Gasteiger partial charge in [-0.1, -0.05) is 0 Å². The maximum absolute atomic E-state index is 4.56. The Bertz CT molecular complexity index is 409. The highest BCUT2D eigenvalue weighted by molar-refractivity contribution is 5.38. The zero-order chi connectivity index (χ0) is 9.38. The Kier molecular flexibility index (Phi) is 1.73. The van der Waals surface area contributed by atoms with Crippen LogP contribution in [0.4, 0.5) is 0 Å². The Hall–Kier alpha value is -1.42. The van der Waals surface area contributed by atoms with Crippen LogP contribution in [-0.2, 0) is 0 Å². The third-order valence-corrected chi connectivity index (χ3v) is 2.70. The Labute approximate surface area is 82.0 Å². The van der Waals surface area contributed by atoms with Crippen molar-refractivity contribution in [2.75, 3.05) is 6.54 Å². The standard InChI is InChI=1S/C10H12N4/c1-2-8(12-4-1)9-6-14-7-11-5-3-10(14)13-9/h3,5-8,12H,1-2,4H2. The molecule has 1 N–H and O–H groups in total. The summed E-state index contributed by atoms with van der Waals surface area (Å²) < 4.78 is 1.97. The van der Waals surface area contributed by atoms with Crippen LogP contribution in [0.25, 0.3) is 5.65 Å². The molecule has 0 spiro atoms. The molecule has 0 bridgehead atoms. The van der Waals surface area contributed by atoms with Gasteiger partial charge in [0.15, 0.2) is 0 Å². The summed E-state index contributed by atoms with van der Waals surface area (Å²) in [5, 5.41) is 3.44. The number of nitrogens with one attached hydrogen (secondary N) is 1. The topological polar surface area (TPSA) is 42.2 Å². The van der Waals surface area contributed by atoms with Crippen molar-refractivity contribution in [3.05, 3.63) is 30.5 Å². The van der Waals surface area contributed by atoms with Gasteiger partial charge < -0.3 is 5.32 Å². The van der Waals surface area contributed by atoms with Crippen molar-refractivity contribution in [3.8, 4) is 0 Å². The highest BCUT2D eigenvalue weighted by Crippen LogP contribution is 2.21. The number of nitrogens with zero attached hydrogens (tertiary/aromatic N) is 3. The minimum Gasteiger partial charge on any atom is -0.309 e. The molecule has 4 heteroatoms. The van der Waals surface area contributed by atoms with E-state index in [1.807, 2.05) is 10.5 Å². The summed E-state index contributed by atoms with van der Waals surface area (Å²) in [5.74, 6) is 0. The van der Waals surface area contributed by atoms with Gasteiger partial charge in [-0.2, -0.15) is 0 Å². The average Bonchev–Trinajstić information content (AvgIpc) is 2.86. The molecule has 0 aromatic carbocycles. The van der Waals surface area contributed by atoms with Crippen LogP contribution >= 0.6 is 0 Å². The lowest BCUT2D eigenvalue weighted by atomic mass is 10.2. The molecule has 3 rings (SSSR count). The molecule has 1 saturated heterocycles. The van der Waals surface area contributed by atoms with Crippen LogP contribution < -0.4 is 5.32 Å². The molecule has 1 aliphatic heterocycles. The maximum Gasteiger partial charge on any atom is 0.139 e. The van der Waals surface area contributed by atoms with Crippen molar-refractivity contribution in [1.29, 1.82) is 0 Å². The Balaban J connectivity index is 2.05. The summed E-state index contributed by atoms with van der Waals surface area (Å²) in [6.07, 6.45) is 8.06. The van der Waals surface area contributed by atoms with Crippen LogP contribution in [0.1, 0.15) is 24.6 Å². The Morgan fingerprint density at radius 1 is 1.50 bits per heavy atom. The molecule has 1 atom stereocenters. The second-order valence-corrected chi connectivity index (χ2v) is 3.66. The first-order valence-corrected chi connectivity index (χ1v) is 4.95. The first-order valence-electron chi connectivity index (χ1n) is 4.95. The third-order valence-electron chi connectivity index (χ3n) is 2.70. The quantitative estimate of drug-likeness (QED) is 0.730. The first kappa shape index (κ1) is 7.94. The molecular weight excluding hydrogens is 176 g/mol. The van der Waals surface area contributed by atoms with Gasteiger partial charge in [0.1, 0.15) is 12.0 Å². The van der Waals surface area contributed by atoms with Crippen LogP contribution in [0, 0.1) is 0 Å². The van der Waals surface area contributed by atoms with E-state index in [9.17, 15) is 0 Å². The molecule has 1 aliphatic rings. The van der Waals surface area contributed by atoms with Crippen LogP contribution in [0.3, 0.4) is 0 Å². The molecule has 4 nitrogen and oxygen atoms in total. The Morgan fingerprint density at radius 3 is 3.29 bits per heavy atom. The van der Waals surface area contributed by atoms with E-state index in [0.29, 0.717) is 6.04 Å². The van der Waals surface area contributed by atoms with Gasteiger partial charge in [0, 0.05) is 12.4 Å². The first-order chi connectivity index (χ1) is 6.93. The van der Waals surface area contributed by atoms with Crippen molar-refractivity contribution in [1.82, 2.24) is 19.7 Å². The van der Waals surface area contributed by atoms with Gasteiger partial charge in [0.25, 0.3) is 0 Å². The van der Waals surface area contributed by atoms with Gasteiger partial charge in [0.05, 0.1) is 11.7 Å². The van der Waals surface area contributed by atoms with Crippen molar-refractivity contribution in [2.45, 2.75) is 18.9 Å². The molecule has 1 fully saturated rings. The molecule has 2 aromatic heterocycles. The molecule has 0 amide bonds. The lowest BCUT2D eigenvalue weighted by Gasteiger charge is -2.03. The van der Waals surface area contributed by atoms with Crippen molar-refractivity contribution >= 4 is 5.65 Å². The summed E-state index contributed by atoms with van der Waals surface area (Å²) in [5.41, 5.74) is 2.11. The average molecular weight is 188 g/mol. The molecule has 1 unspecified atom stereocenters. The van der Waals surface area contributed by atoms with Crippen molar-refractivity contribution in [2.24, 2.45) is 0 Å². The second-order valence-electron chi connectivity index (χ2n) is 3.66. The summed E-state index contributed by atoms with van der Waals surface area (Å²) in [4.78, 5) is 8.61. The van der Waals surface area contributed by atoms with Gasteiger partial charge >= 0.3 is 0 Å². The van der Waals surface area contributed by atoms with Gasteiger partial charge in [-0.05, 0) is 25.5 Å². The smallest absolute Gasteiger partial charge is 0.139 e. The number of rotatable bonds is 1. The summed E-state index contributed by atoms with van der Waals surface area (Å²) >= 11 is 0. The molecule has 0 saturated carbocycles. The number of hydrogen-bond acceptors (Lipinski definition) is 3. The second kappa shape index (κ2) is 3.06. The molecule has 3 heterocycles. The molecule has 0 radical (unpaired) electrons. The van der Waals surface area contributed by atoms with Crippen molar-refractivity contribution < 1.29 is 0 Å². The molecular formula is C10H12N4. The largest absolute Gasteiger partial charge is 0.309 e. The predicted octanol–water partition coefficient (Wildman–Crippen LogP) is 1.15. The molecule has 2 aromatic rings. The minimum absolute atomic E-state index is 0.440. The van der Waals surface area contributed by atoms with Crippen LogP contribution in [0.15, 0.2) is 24.8 Å². The van der Waals surface area contributed by atoms with Crippen LogP contribution in [0.2, 0.25) is 0 Å². The van der Waals surface area contributed by atoms with E-state index in [0.717, 1.165) is 17.9 Å². The van der Waals surface area contributed by atoms with Crippen LogP contribution in [-0.4, -0.2) is 20.9 Å². The van der Waals surface area contributed by atoms with E-state index < -0.39 is 0 Å². The molecule has 72 valence electrons. The number of aromatic nitrogens is 3. The molecule has 14 heavy (non-hydrogen) atoms. The lowest BCUT2D eigenvalue weighted by Crippen LogP contribution is -2.12. The van der Waals surface area contributed by atoms with Gasteiger partial charge in [-0.3, -0.25) is 4.40 Å². The van der Waals surface area contributed by atoms with Gasteiger partial charge in [0.2, 0.25) is 0 Å². The number of hydrogen-bond donors (Lipinski definition) is 1. The maximum atomic E-state index is 4.56. The zero-order valence-corrected chi connectivity index (χ0v) is 7.85. The summed E-state index contributed by atoms with van der Waals surface area (Å²) in [6.45, 7) is 1.11. The third kappa shape index (κ3) is 1.19. The SMILES string of the molecule is c1cc2nc(C3CCCN3)cn2cn1. The van der Waals surface area contributed by atoms with Gasteiger partial charge in [-0.25, -0.2) is 9.97 Å². The normalized spacial score (nSPS) is 21.9. The van der Waals surface area contributed by atoms with E-state index in [1.54, 1.807) is 12.5 Å². The summed E-state index contributed by atoms with van der Waals surface area (Å²) in [6, 6.07) is 2.37. The van der Waals surface area contributed by atoms with Crippen molar-refractivity contribution in [3.63, 3.8) is 0 Å². The lowest BCUT2D eigenvalue weighted by molar-refractivity contribution is 0.632. The summed E-state index contributed by atoms with van der Waals surface area (Å²) in [7, 11) is 0. The zero-order valence-electron chi connectivity index (χ0n) is 7.85. The molecule has 0 aliphatic carbocycles. The number of fused-ring (bicyclic) bond motifs is 1. The minimum atomic E-state index is 0.440. The highest BCUT2D eigenvalue weighted by Gasteiger charge is 2.18. The van der Waals surface area contributed by atoms with E-state index in [2.05, 4.69) is 21.5 Å². The fraction of sp³-hybridized carbons (Fsp3) is 0.400. The van der Waals surface area contributed by atoms with E-state index in [1.165, 1.54) is 12.8 Å². The highest BCUT2D eigenvalue weighted by atomic mass is 15.1.